The maximum atomic E-state index is 12.3. The maximum Gasteiger partial charge on any atom is 0.326 e. The molecule has 1 aliphatic rings. The summed E-state index contributed by atoms with van der Waals surface area (Å²) in [7, 11) is -3.69. The summed E-state index contributed by atoms with van der Waals surface area (Å²) in [6, 6.07) is 4.50. The van der Waals surface area contributed by atoms with Crippen molar-refractivity contribution in [2.45, 2.75) is 36.6 Å². The molecule has 1 atom stereocenters. The molecule has 0 spiro atoms. The van der Waals surface area contributed by atoms with Gasteiger partial charge in [0.2, 0.25) is 10.0 Å². The Balaban J connectivity index is 2.09. The van der Waals surface area contributed by atoms with Crippen molar-refractivity contribution in [1.29, 1.82) is 0 Å². The van der Waals surface area contributed by atoms with Crippen LogP contribution in [0.1, 0.15) is 36.0 Å². The lowest BCUT2D eigenvalue weighted by atomic mass is 10.1. The predicted octanol–water partition coefficient (Wildman–Crippen LogP) is 1.52. The Morgan fingerprint density at radius 1 is 1.36 bits per heavy atom. The fourth-order valence-electron chi connectivity index (χ4n) is 2.22. The van der Waals surface area contributed by atoms with Crippen LogP contribution in [0.3, 0.4) is 0 Å². The fraction of sp³-hybridized carbons (Fsp3) is 0.412. The number of carbonyl (C=O) groups is 2. The Hall–Kier alpha value is -2.19. The largest absolute Gasteiger partial charge is 0.480 e. The van der Waals surface area contributed by atoms with Crippen LogP contribution in [0.15, 0.2) is 41.8 Å². The highest BCUT2D eigenvalue weighted by Crippen LogP contribution is 2.28. The summed E-state index contributed by atoms with van der Waals surface area (Å²) in [6.45, 7) is 3.91. The molecule has 0 heterocycles. The summed E-state index contributed by atoms with van der Waals surface area (Å²) in [5.74, 6) is -1.39. The van der Waals surface area contributed by atoms with Crippen LogP contribution in [0.5, 0.6) is 0 Å². The average molecular weight is 366 g/mol. The zero-order valence-electron chi connectivity index (χ0n) is 13.8. The minimum absolute atomic E-state index is 0.0150. The molecule has 1 amide bonds. The molecule has 1 unspecified atom stereocenters. The molecule has 7 nitrogen and oxygen atoms in total. The van der Waals surface area contributed by atoms with Gasteiger partial charge in [0.1, 0.15) is 6.04 Å². The first-order valence-electron chi connectivity index (χ1n) is 8.08. The van der Waals surface area contributed by atoms with Crippen molar-refractivity contribution in [3.8, 4) is 0 Å². The molecular formula is C17H22N2O5S. The van der Waals surface area contributed by atoms with Crippen LogP contribution in [-0.2, 0) is 14.8 Å². The molecule has 3 N–H and O–H groups in total. The van der Waals surface area contributed by atoms with Gasteiger partial charge in [-0.2, -0.15) is 0 Å². The summed E-state index contributed by atoms with van der Waals surface area (Å²) >= 11 is 0. The zero-order valence-corrected chi connectivity index (χ0v) is 14.6. The third-order valence-electron chi connectivity index (χ3n) is 3.93. The molecule has 1 fully saturated rings. The molecule has 0 bridgehead atoms. The van der Waals surface area contributed by atoms with E-state index >= 15 is 0 Å². The number of amides is 1. The lowest BCUT2D eigenvalue weighted by molar-refractivity contribution is -0.139. The van der Waals surface area contributed by atoms with Crippen molar-refractivity contribution in [2.24, 2.45) is 5.92 Å². The number of rotatable bonds is 10. The monoisotopic (exact) mass is 366 g/mol. The molecule has 25 heavy (non-hydrogen) atoms. The van der Waals surface area contributed by atoms with Gasteiger partial charge in [0.05, 0.1) is 4.90 Å². The number of carboxylic acids is 1. The van der Waals surface area contributed by atoms with Gasteiger partial charge in [0, 0.05) is 12.1 Å². The molecule has 0 aromatic heterocycles. The standard InChI is InChI=1S/C17H22N2O5S/c1-2-3-7-15(17(21)22)19-16(20)13-5-4-6-14(10-13)25(23,24)18-11-12-8-9-12/h2,4-6,10,12,15,18H,1,3,7-9,11H2,(H,19,20)(H,21,22). The van der Waals surface area contributed by atoms with E-state index < -0.39 is 27.9 Å². The SMILES string of the molecule is C=CCCC(NC(=O)c1cccc(S(=O)(=O)NCC2CC2)c1)C(=O)O. The van der Waals surface area contributed by atoms with Crippen LogP contribution in [0.4, 0.5) is 0 Å². The van der Waals surface area contributed by atoms with Crippen LogP contribution in [0.25, 0.3) is 0 Å². The number of allylic oxidation sites excluding steroid dienone is 1. The normalized spacial score (nSPS) is 15.4. The number of sulfonamides is 1. The third kappa shape index (κ3) is 5.68. The Labute approximate surface area is 147 Å². The highest BCUT2D eigenvalue weighted by Gasteiger charge is 2.25. The van der Waals surface area contributed by atoms with Crippen molar-refractivity contribution in [3.63, 3.8) is 0 Å². The molecule has 136 valence electrons. The number of nitrogens with one attached hydrogen (secondary N) is 2. The van der Waals surface area contributed by atoms with Crippen LogP contribution < -0.4 is 10.0 Å². The van der Waals surface area contributed by atoms with E-state index in [-0.39, 0.29) is 16.9 Å². The Kier molecular flexibility index (Phi) is 6.33. The van der Waals surface area contributed by atoms with Gasteiger partial charge in [0.15, 0.2) is 0 Å². The Bertz CT molecular complexity index is 756. The number of hydrogen-bond acceptors (Lipinski definition) is 4. The van der Waals surface area contributed by atoms with Crippen molar-refractivity contribution in [1.82, 2.24) is 10.0 Å². The van der Waals surface area contributed by atoms with Crippen LogP contribution in [0.2, 0.25) is 0 Å². The minimum Gasteiger partial charge on any atom is -0.480 e. The van der Waals surface area contributed by atoms with E-state index in [0.717, 1.165) is 12.8 Å². The average Bonchev–Trinajstić information content (AvgIpc) is 3.41. The van der Waals surface area contributed by atoms with E-state index in [9.17, 15) is 18.0 Å². The smallest absolute Gasteiger partial charge is 0.326 e. The number of benzene rings is 1. The number of carbonyl (C=O) groups excluding carboxylic acids is 1. The van der Waals surface area contributed by atoms with Gasteiger partial charge in [-0.1, -0.05) is 12.1 Å². The summed E-state index contributed by atoms with van der Waals surface area (Å²) in [6.07, 6.45) is 4.27. The molecule has 8 heteroatoms. The van der Waals surface area contributed by atoms with Crippen molar-refractivity contribution < 1.29 is 23.1 Å². The lowest BCUT2D eigenvalue weighted by Gasteiger charge is -2.14. The van der Waals surface area contributed by atoms with E-state index in [0.29, 0.717) is 18.9 Å². The maximum absolute atomic E-state index is 12.3. The van der Waals surface area contributed by atoms with Crippen molar-refractivity contribution in [2.75, 3.05) is 6.54 Å². The van der Waals surface area contributed by atoms with E-state index in [2.05, 4.69) is 16.6 Å². The highest BCUT2D eigenvalue weighted by atomic mass is 32.2. The second-order valence-electron chi connectivity index (χ2n) is 6.05. The lowest BCUT2D eigenvalue weighted by Crippen LogP contribution is -2.40. The second kappa shape index (κ2) is 8.26. The second-order valence-corrected chi connectivity index (χ2v) is 7.82. The molecule has 1 aromatic carbocycles. The van der Waals surface area contributed by atoms with E-state index in [4.69, 9.17) is 5.11 Å². The summed E-state index contributed by atoms with van der Waals surface area (Å²) in [5, 5.41) is 11.6. The first-order valence-corrected chi connectivity index (χ1v) is 9.56. The van der Waals surface area contributed by atoms with Gasteiger partial charge in [-0.15, -0.1) is 6.58 Å². The zero-order chi connectivity index (χ0) is 18.4. The van der Waals surface area contributed by atoms with Gasteiger partial charge in [0.25, 0.3) is 5.91 Å². The fourth-order valence-corrected chi connectivity index (χ4v) is 3.38. The van der Waals surface area contributed by atoms with E-state index in [1.807, 2.05) is 0 Å². The molecule has 1 aliphatic carbocycles. The number of hydrogen-bond donors (Lipinski definition) is 3. The molecule has 1 aromatic rings. The first-order chi connectivity index (χ1) is 11.8. The summed E-state index contributed by atoms with van der Waals surface area (Å²) < 4.78 is 27.1. The number of aliphatic carboxylic acids is 1. The molecule has 1 saturated carbocycles. The molecule has 2 rings (SSSR count). The van der Waals surface area contributed by atoms with Crippen LogP contribution in [-0.4, -0.2) is 38.0 Å². The van der Waals surface area contributed by atoms with Crippen LogP contribution >= 0.6 is 0 Å². The third-order valence-corrected chi connectivity index (χ3v) is 5.35. The number of carboxylic acid groups (broad SMARTS) is 1. The predicted molar refractivity (Wildman–Crippen MR) is 92.7 cm³/mol. The first kappa shape index (κ1) is 19.1. The highest BCUT2D eigenvalue weighted by molar-refractivity contribution is 7.89. The van der Waals surface area contributed by atoms with E-state index in [1.54, 1.807) is 6.08 Å². The van der Waals surface area contributed by atoms with Crippen molar-refractivity contribution in [3.05, 3.63) is 42.5 Å². The van der Waals surface area contributed by atoms with Crippen molar-refractivity contribution >= 4 is 21.9 Å². The molecule has 0 aliphatic heterocycles. The summed E-state index contributed by atoms with van der Waals surface area (Å²) in [4.78, 5) is 23.4. The van der Waals surface area contributed by atoms with Gasteiger partial charge in [-0.05, 0) is 49.8 Å². The quantitative estimate of drug-likeness (QED) is 0.544. The Morgan fingerprint density at radius 3 is 2.68 bits per heavy atom. The van der Waals surface area contributed by atoms with Crippen LogP contribution in [0, 0.1) is 5.92 Å². The molecule has 0 radical (unpaired) electrons. The van der Waals surface area contributed by atoms with Gasteiger partial charge in [-0.3, -0.25) is 4.79 Å². The van der Waals surface area contributed by atoms with Gasteiger partial charge < -0.3 is 10.4 Å². The molecule has 0 saturated heterocycles. The topological polar surface area (TPSA) is 113 Å². The van der Waals surface area contributed by atoms with Gasteiger partial charge in [-0.25, -0.2) is 17.9 Å². The summed E-state index contributed by atoms with van der Waals surface area (Å²) in [5.41, 5.74) is 0.0964. The molecular weight excluding hydrogens is 344 g/mol. The van der Waals surface area contributed by atoms with E-state index in [1.165, 1.54) is 24.3 Å². The minimum atomic E-state index is -3.69. The van der Waals surface area contributed by atoms with Gasteiger partial charge >= 0.3 is 5.97 Å². The Morgan fingerprint density at radius 2 is 2.08 bits per heavy atom.